The number of carboxylic acid groups (broad SMARTS) is 1. The maximum atomic E-state index is 11.9. The third-order valence-electron chi connectivity index (χ3n) is 2.51. The first-order valence-electron chi connectivity index (χ1n) is 5.93. The first kappa shape index (κ1) is 15.3. The van der Waals surface area contributed by atoms with Crippen molar-refractivity contribution >= 4 is 5.97 Å². The Balaban J connectivity index is 2.30. The largest absolute Gasteiger partial charge is 0.573 e. The van der Waals surface area contributed by atoms with Crippen LogP contribution in [0.25, 0.3) is 0 Å². The Labute approximate surface area is 109 Å². The summed E-state index contributed by atoms with van der Waals surface area (Å²) in [6.07, 6.45) is -1.59. The summed E-state index contributed by atoms with van der Waals surface area (Å²) in [7, 11) is 0. The van der Waals surface area contributed by atoms with Gasteiger partial charge in [0.25, 0.3) is 0 Å². The molecule has 1 rings (SSSR count). The fourth-order valence-corrected chi connectivity index (χ4v) is 1.64. The summed E-state index contributed by atoms with van der Waals surface area (Å²) >= 11 is 0. The van der Waals surface area contributed by atoms with Crippen molar-refractivity contribution in [3.63, 3.8) is 0 Å². The second-order valence-electron chi connectivity index (χ2n) is 4.15. The maximum absolute atomic E-state index is 11.9. The first-order valence-corrected chi connectivity index (χ1v) is 5.93. The molecule has 6 heteroatoms. The smallest absolute Gasteiger partial charge is 0.481 e. The molecule has 0 atom stereocenters. The summed E-state index contributed by atoms with van der Waals surface area (Å²) < 4.78 is 39.5. The van der Waals surface area contributed by atoms with E-state index in [0.717, 1.165) is 18.4 Å². The Morgan fingerprint density at radius 1 is 1.11 bits per heavy atom. The van der Waals surface area contributed by atoms with Gasteiger partial charge >= 0.3 is 12.3 Å². The number of alkyl halides is 3. The molecule has 19 heavy (non-hydrogen) atoms. The molecule has 0 heterocycles. The molecule has 0 radical (unpaired) electrons. The van der Waals surface area contributed by atoms with Crippen molar-refractivity contribution in [1.82, 2.24) is 0 Å². The number of unbranched alkanes of at least 4 members (excludes halogenated alkanes) is 2. The fourth-order valence-electron chi connectivity index (χ4n) is 1.64. The van der Waals surface area contributed by atoms with Crippen LogP contribution in [-0.4, -0.2) is 17.4 Å². The zero-order chi connectivity index (χ0) is 14.3. The molecular weight excluding hydrogens is 261 g/mol. The van der Waals surface area contributed by atoms with Crippen LogP contribution in [0.4, 0.5) is 13.2 Å². The van der Waals surface area contributed by atoms with Gasteiger partial charge in [0.1, 0.15) is 5.75 Å². The monoisotopic (exact) mass is 276 g/mol. The third kappa shape index (κ3) is 7.33. The molecule has 3 nitrogen and oxygen atoms in total. The Kier molecular flexibility index (Phi) is 5.66. The van der Waals surface area contributed by atoms with Crippen molar-refractivity contribution in [3.8, 4) is 5.75 Å². The number of carboxylic acids is 1. The minimum absolute atomic E-state index is 0.151. The normalized spacial score (nSPS) is 11.3. The molecule has 0 aliphatic carbocycles. The summed E-state index contributed by atoms with van der Waals surface area (Å²) in [6, 6.07) is 5.72. The van der Waals surface area contributed by atoms with Crippen LogP contribution in [0, 0.1) is 0 Å². The summed E-state index contributed by atoms with van der Waals surface area (Å²) in [4.78, 5) is 10.3. The number of rotatable bonds is 7. The SMILES string of the molecule is O=C(O)CCCCCc1ccc(OC(F)(F)F)cc1. The van der Waals surface area contributed by atoms with Gasteiger partial charge < -0.3 is 9.84 Å². The van der Waals surface area contributed by atoms with E-state index < -0.39 is 12.3 Å². The van der Waals surface area contributed by atoms with Gasteiger partial charge in [0.2, 0.25) is 0 Å². The Morgan fingerprint density at radius 3 is 2.26 bits per heavy atom. The van der Waals surface area contributed by atoms with Crippen molar-refractivity contribution in [2.45, 2.75) is 38.5 Å². The highest BCUT2D eigenvalue weighted by atomic mass is 19.4. The average Bonchev–Trinajstić information content (AvgIpc) is 2.28. The van der Waals surface area contributed by atoms with Crippen molar-refractivity contribution in [2.24, 2.45) is 0 Å². The van der Waals surface area contributed by atoms with Crippen molar-refractivity contribution < 1.29 is 27.8 Å². The van der Waals surface area contributed by atoms with Crippen molar-refractivity contribution in [2.75, 3.05) is 0 Å². The summed E-state index contributed by atoms with van der Waals surface area (Å²) in [5.74, 6) is -1.05. The molecule has 0 fully saturated rings. The van der Waals surface area contributed by atoms with E-state index in [-0.39, 0.29) is 12.2 Å². The molecule has 106 valence electrons. The molecule has 0 bridgehead atoms. The Morgan fingerprint density at radius 2 is 1.74 bits per heavy atom. The van der Waals surface area contributed by atoms with Crippen LogP contribution in [0.15, 0.2) is 24.3 Å². The van der Waals surface area contributed by atoms with E-state index in [2.05, 4.69) is 4.74 Å². The second-order valence-corrected chi connectivity index (χ2v) is 4.15. The second kappa shape index (κ2) is 7.01. The number of carbonyl (C=O) groups is 1. The van der Waals surface area contributed by atoms with Crippen LogP contribution < -0.4 is 4.74 Å². The van der Waals surface area contributed by atoms with Gasteiger partial charge in [-0.25, -0.2) is 0 Å². The molecule has 1 N–H and O–H groups in total. The van der Waals surface area contributed by atoms with Crippen LogP contribution in [0.3, 0.4) is 0 Å². The van der Waals surface area contributed by atoms with Gasteiger partial charge in [0.05, 0.1) is 0 Å². The maximum Gasteiger partial charge on any atom is 0.573 e. The predicted molar refractivity (Wildman–Crippen MR) is 62.9 cm³/mol. The summed E-state index contributed by atoms with van der Waals surface area (Å²) in [6.45, 7) is 0. The highest BCUT2D eigenvalue weighted by Gasteiger charge is 2.30. The predicted octanol–water partition coefficient (Wildman–Crippen LogP) is 3.77. The molecule has 1 aromatic carbocycles. The Bertz CT molecular complexity index is 399. The highest BCUT2D eigenvalue weighted by molar-refractivity contribution is 5.66. The molecule has 0 aliphatic heterocycles. The van der Waals surface area contributed by atoms with E-state index in [1.165, 1.54) is 12.1 Å². The van der Waals surface area contributed by atoms with Gasteiger partial charge in [-0.15, -0.1) is 13.2 Å². The van der Waals surface area contributed by atoms with Gasteiger partial charge in [0, 0.05) is 6.42 Å². The standard InChI is InChI=1S/C13H15F3O3/c14-13(15,16)19-11-8-6-10(7-9-11)4-2-1-3-5-12(17)18/h6-9H,1-5H2,(H,17,18). The number of ether oxygens (including phenoxy) is 1. The summed E-state index contributed by atoms with van der Waals surface area (Å²) in [5.41, 5.74) is 0.907. The number of hydrogen-bond donors (Lipinski definition) is 1. The molecule has 0 saturated heterocycles. The molecule has 0 aliphatic rings. The lowest BCUT2D eigenvalue weighted by Gasteiger charge is -2.09. The highest BCUT2D eigenvalue weighted by Crippen LogP contribution is 2.23. The molecule has 0 aromatic heterocycles. The molecule has 0 amide bonds. The number of halogens is 3. The number of hydrogen-bond acceptors (Lipinski definition) is 2. The van der Waals surface area contributed by atoms with E-state index in [9.17, 15) is 18.0 Å². The van der Waals surface area contributed by atoms with Gasteiger partial charge in [-0.3, -0.25) is 4.79 Å². The first-order chi connectivity index (χ1) is 8.87. The van der Waals surface area contributed by atoms with Gasteiger partial charge in [-0.2, -0.15) is 0 Å². The van der Waals surface area contributed by atoms with Crippen LogP contribution >= 0.6 is 0 Å². The van der Waals surface area contributed by atoms with Crippen LogP contribution in [0.2, 0.25) is 0 Å². The van der Waals surface area contributed by atoms with E-state index in [4.69, 9.17) is 5.11 Å². The minimum atomic E-state index is -4.67. The summed E-state index contributed by atoms with van der Waals surface area (Å²) in [5, 5.41) is 8.45. The number of benzene rings is 1. The lowest BCUT2D eigenvalue weighted by atomic mass is 10.1. The van der Waals surface area contributed by atoms with Gasteiger partial charge in [-0.05, 0) is 37.0 Å². The van der Waals surface area contributed by atoms with Crippen molar-refractivity contribution in [1.29, 1.82) is 0 Å². The molecule has 0 saturated carbocycles. The fraction of sp³-hybridized carbons (Fsp3) is 0.462. The van der Waals surface area contributed by atoms with Crippen LogP contribution in [0.1, 0.15) is 31.2 Å². The zero-order valence-corrected chi connectivity index (χ0v) is 10.2. The number of aliphatic carboxylic acids is 1. The quantitative estimate of drug-likeness (QED) is 0.771. The zero-order valence-electron chi connectivity index (χ0n) is 10.2. The Hall–Kier alpha value is -1.72. The van der Waals surface area contributed by atoms with E-state index in [0.29, 0.717) is 12.8 Å². The molecular formula is C13H15F3O3. The van der Waals surface area contributed by atoms with Crippen LogP contribution in [0.5, 0.6) is 5.75 Å². The third-order valence-corrected chi connectivity index (χ3v) is 2.51. The minimum Gasteiger partial charge on any atom is -0.481 e. The molecule has 0 spiro atoms. The van der Waals surface area contributed by atoms with Crippen LogP contribution in [-0.2, 0) is 11.2 Å². The van der Waals surface area contributed by atoms with Gasteiger partial charge in [-0.1, -0.05) is 18.6 Å². The van der Waals surface area contributed by atoms with E-state index in [1.54, 1.807) is 12.1 Å². The van der Waals surface area contributed by atoms with Gasteiger partial charge in [0.15, 0.2) is 0 Å². The lowest BCUT2D eigenvalue weighted by molar-refractivity contribution is -0.274. The van der Waals surface area contributed by atoms with E-state index >= 15 is 0 Å². The van der Waals surface area contributed by atoms with Crippen molar-refractivity contribution in [3.05, 3.63) is 29.8 Å². The average molecular weight is 276 g/mol. The van der Waals surface area contributed by atoms with E-state index in [1.807, 2.05) is 0 Å². The number of aryl methyl sites for hydroxylation is 1. The topological polar surface area (TPSA) is 46.5 Å². The molecule has 0 unspecified atom stereocenters. The molecule has 1 aromatic rings. The lowest BCUT2D eigenvalue weighted by Crippen LogP contribution is -2.17.